The topological polar surface area (TPSA) is 42.4 Å². The predicted molar refractivity (Wildman–Crippen MR) is 75.1 cm³/mol. The highest BCUT2D eigenvalue weighted by Gasteiger charge is 2.58. The second-order valence-electron chi connectivity index (χ2n) is 5.43. The summed E-state index contributed by atoms with van der Waals surface area (Å²) in [5.41, 5.74) is 0.116. The number of nitrogens with zero attached hydrogens (tertiary/aromatic N) is 2. The number of fused-ring (bicyclic) bond motifs is 1. The highest BCUT2D eigenvalue weighted by atomic mass is 35.5. The molecule has 0 unspecified atom stereocenters. The molecular formula is C12H14Cl2N2O2S. The van der Waals surface area contributed by atoms with Crippen molar-refractivity contribution in [2.24, 2.45) is 0 Å². The summed E-state index contributed by atoms with van der Waals surface area (Å²) in [6, 6.07) is 0.253. The molecule has 0 spiro atoms. The Hall–Kier alpha value is -0.360. The van der Waals surface area contributed by atoms with Gasteiger partial charge in [-0.15, -0.1) is 0 Å². The third-order valence-corrected chi connectivity index (χ3v) is 4.98. The molecule has 3 fully saturated rings. The molecule has 0 atom stereocenters. The van der Waals surface area contributed by atoms with Crippen molar-refractivity contribution in [3.63, 3.8) is 0 Å². The first-order valence-corrected chi connectivity index (χ1v) is 7.78. The molecule has 7 heteroatoms. The van der Waals surface area contributed by atoms with Crippen LogP contribution < -0.4 is 0 Å². The van der Waals surface area contributed by atoms with Crippen LogP contribution in [-0.4, -0.2) is 40.1 Å². The number of hydrogen-bond donors (Lipinski definition) is 0. The molecule has 4 rings (SSSR count). The summed E-state index contributed by atoms with van der Waals surface area (Å²) in [5, 5.41) is 0. The second kappa shape index (κ2) is 4.58. The van der Waals surface area contributed by atoms with Crippen LogP contribution in [0.15, 0.2) is 0 Å². The highest BCUT2D eigenvalue weighted by Crippen LogP contribution is 2.48. The molecule has 2 saturated heterocycles. The van der Waals surface area contributed by atoms with E-state index in [2.05, 4.69) is 4.98 Å². The number of halogens is 2. The Morgan fingerprint density at radius 2 is 2.21 bits per heavy atom. The van der Waals surface area contributed by atoms with Gasteiger partial charge in [0, 0.05) is 6.04 Å². The van der Waals surface area contributed by atoms with Crippen LogP contribution in [0.1, 0.15) is 37.2 Å². The first kappa shape index (κ1) is 13.6. The van der Waals surface area contributed by atoms with Crippen LogP contribution in [0.4, 0.5) is 0 Å². The van der Waals surface area contributed by atoms with Crippen LogP contribution in [0.3, 0.4) is 0 Å². The molecule has 1 aromatic heterocycles. The zero-order valence-electron chi connectivity index (χ0n) is 10.7. The summed E-state index contributed by atoms with van der Waals surface area (Å²) >= 11 is 12.9. The summed E-state index contributed by atoms with van der Waals surface area (Å²) in [7, 11) is 0. The van der Waals surface area contributed by atoms with Crippen LogP contribution in [0.2, 0.25) is 8.80 Å². The minimum absolute atomic E-state index is 0.134. The third-order valence-electron chi connectivity index (χ3n) is 3.62. The fourth-order valence-electron chi connectivity index (χ4n) is 3.00. The average Bonchev–Trinajstić information content (AvgIpc) is 2.87. The van der Waals surface area contributed by atoms with Gasteiger partial charge in [-0.25, -0.2) is 4.98 Å². The molecule has 3 heterocycles. The van der Waals surface area contributed by atoms with Gasteiger partial charge in [-0.05, 0) is 26.7 Å². The molecule has 2 bridgehead atoms. The molecule has 0 aromatic carbocycles. The summed E-state index contributed by atoms with van der Waals surface area (Å²) in [6.45, 7) is 4.66. The van der Waals surface area contributed by atoms with Crippen molar-refractivity contribution in [1.82, 2.24) is 9.88 Å². The lowest BCUT2D eigenvalue weighted by Gasteiger charge is -2.38. The number of rotatable bonds is 3. The van der Waals surface area contributed by atoms with Gasteiger partial charge in [0.25, 0.3) is 5.91 Å². The minimum Gasteiger partial charge on any atom is -0.370 e. The van der Waals surface area contributed by atoms with Gasteiger partial charge >= 0.3 is 0 Å². The van der Waals surface area contributed by atoms with E-state index in [1.54, 1.807) is 0 Å². The molecule has 1 aliphatic carbocycles. The molecule has 0 radical (unpaired) electrons. The van der Waals surface area contributed by atoms with Crippen molar-refractivity contribution in [2.45, 2.75) is 44.4 Å². The normalized spacial score (nSPS) is 28.9. The van der Waals surface area contributed by atoms with Crippen LogP contribution in [-0.2, 0) is 4.74 Å². The van der Waals surface area contributed by atoms with Gasteiger partial charge < -0.3 is 9.64 Å². The van der Waals surface area contributed by atoms with E-state index < -0.39 is 0 Å². The Morgan fingerprint density at radius 1 is 1.53 bits per heavy atom. The second-order valence-corrected chi connectivity index (χ2v) is 7.62. The third kappa shape index (κ3) is 2.27. The number of hydrogen-bond acceptors (Lipinski definition) is 4. The molecule has 2 aliphatic heterocycles. The lowest BCUT2D eigenvalue weighted by atomic mass is 9.81. The van der Waals surface area contributed by atoms with Crippen molar-refractivity contribution in [3.05, 3.63) is 14.5 Å². The van der Waals surface area contributed by atoms with E-state index in [9.17, 15) is 4.79 Å². The summed E-state index contributed by atoms with van der Waals surface area (Å²) in [6.07, 6.45) is 1.99. The fourth-order valence-corrected chi connectivity index (χ4v) is 4.30. The molecule has 4 nitrogen and oxygen atoms in total. The van der Waals surface area contributed by atoms with Crippen LogP contribution in [0.25, 0.3) is 0 Å². The monoisotopic (exact) mass is 320 g/mol. The van der Waals surface area contributed by atoms with E-state index in [4.69, 9.17) is 27.9 Å². The van der Waals surface area contributed by atoms with E-state index in [1.165, 1.54) is 0 Å². The zero-order valence-corrected chi connectivity index (χ0v) is 13.0. The number of carbonyl (C=O) groups is 1. The molecule has 0 N–H and O–H groups in total. The molecular weight excluding hydrogens is 307 g/mol. The molecule has 1 aromatic rings. The van der Waals surface area contributed by atoms with Crippen LogP contribution in [0, 0.1) is 0 Å². The molecule has 1 saturated carbocycles. The molecule has 3 aliphatic rings. The van der Waals surface area contributed by atoms with Crippen molar-refractivity contribution in [1.29, 1.82) is 0 Å². The lowest BCUT2D eigenvalue weighted by Crippen LogP contribution is -2.44. The van der Waals surface area contributed by atoms with Crippen molar-refractivity contribution >= 4 is 40.4 Å². The van der Waals surface area contributed by atoms with Crippen molar-refractivity contribution in [3.8, 4) is 0 Å². The Kier molecular flexibility index (Phi) is 3.29. The maximum absolute atomic E-state index is 12.4. The van der Waals surface area contributed by atoms with Gasteiger partial charge in [0.1, 0.15) is 4.34 Å². The number of thiazole rings is 1. The van der Waals surface area contributed by atoms with Gasteiger partial charge in [-0.1, -0.05) is 34.5 Å². The standard InChI is InChI=1S/C12H14Cl2N2O2S/c1-6(2)18-12-3-7(4-12)16(5-12)10(17)8-9(13)19-11(14)15-8/h6-7H,3-5H2,1-2H3. The fraction of sp³-hybridized carbons (Fsp3) is 0.667. The largest absolute Gasteiger partial charge is 0.370 e. The van der Waals surface area contributed by atoms with Gasteiger partial charge in [-0.2, -0.15) is 0 Å². The Balaban J connectivity index is 1.76. The quantitative estimate of drug-likeness (QED) is 0.858. The Morgan fingerprint density at radius 3 is 2.74 bits per heavy atom. The van der Waals surface area contributed by atoms with Gasteiger partial charge in [-0.3, -0.25) is 4.79 Å². The predicted octanol–water partition coefficient (Wildman–Crippen LogP) is 3.23. The Bertz CT molecular complexity index is 526. The summed E-state index contributed by atoms with van der Waals surface area (Å²) in [5.74, 6) is -0.134. The summed E-state index contributed by atoms with van der Waals surface area (Å²) in [4.78, 5) is 18.2. The van der Waals surface area contributed by atoms with E-state index in [0.29, 0.717) is 15.3 Å². The highest BCUT2D eigenvalue weighted by molar-refractivity contribution is 7.19. The van der Waals surface area contributed by atoms with Crippen LogP contribution in [0.5, 0.6) is 0 Å². The number of ether oxygens (including phenoxy) is 1. The van der Waals surface area contributed by atoms with Gasteiger partial charge in [0.15, 0.2) is 10.2 Å². The van der Waals surface area contributed by atoms with E-state index in [1.807, 2.05) is 18.7 Å². The molecule has 1 amide bonds. The van der Waals surface area contributed by atoms with Crippen molar-refractivity contribution < 1.29 is 9.53 Å². The summed E-state index contributed by atoms with van der Waals surface area (Å²) < 4.78 is 6.60. The number of amides is 1. The zero-order chi connectivity index (χ0) is 13.8. The number of aromatic nitrogens is 1. The minimum atomic E-state index is -0.152. The first-order chi connectivity index (χ1) is 8.90. The SMILES string of the molecule is CC(C)OC12CC(C1)N(C(=O)c1nc(Cl)sc1Cl)C2. The lowest BCUT2D eigenvalue weighted by molar-refractivity contribution is -0.0992. The van der Waals surface area contributed by atoms with E-state index >= 15 is 0 Å². The van der Waals surface area contributed by atoms with E-state index in [-0.39, 0.29) is 29.3 Å². The van der Waals surface area contributed by atoms with E-state index in [0.717, 1.165) is 24.2 Å². The maximum atomic E-state index is 12.4. The van der Waals surface area contributed by atoms with Crippen LogP contribution >= 0.6 is 34.5 Å². The van der Waals surface area contributed by atoms with Gasteiger partial charge in [0.2, 0.25) is 0 Å². The number of carbonyl (C=O) groups excluding carboxylic acids is 1. The van der Waals surface area contributed by atoms with Gasteiger partial charge in [0.05, 0.1) is 18.2 Å². The van der Waals surface area contributed by atoms with Crippen molar-refractivity contribution in [2.75, 3.05) is 6.54 Å². The average molecular weight is 321 g/mol. The first-order valence-electron chi connectivity index (χ1n) is 6.21. The smallest absolute Gasteiger partial charge is 0.275 e. The maximum Gasteiger partial charge on any atom is 0.275 e. The molecule has 19 heavy (non-hydrogen) atoms. The Labute approximate surface area is 125 Å². The molecule has 104 valence electrons.